The third kappa shape index (κ3) is 10.2. The van der Waals surface area contributed by atoms with E-state index in [-0.39, 0.29) is 0 Å². The summed E-state index contributed by atoms with van der Waals surface area (Å²) >= 11 is 0. The molecule has 4 saturated carbocycles. The van der Waals surface area contributed by atoms with Gasteiger partial charge in [-0.15, -0.1) is 0 Å². The van der Waals surface area contributed by atoms with Gasteiger partial charge in [0.05, 0.1) is 0 Å². The van der Waals surface area contributed by atoms with Crippen molar-refractivity contribution >= 4 is 0 Å². The van der Waals surface area contributed by atoms with Crippen LogP contribution in [0.4, 0.5) is 0 Å². The van der Waals surface area contributed by atoms with Crippen LogP contribution in [0.25, 0.3) is 0 Å². The summed E-state index contributed by atoms with van der Waals surface area (Å²) in [6.07, 6.45) is 15.2. The monoisotopic (exact) mass is 851 g/mol. The molecule has 4 aliphatic carbocycles. The van der Waals surface area contributed by atoms with Crippen molar-refractivity contribution < 1.29 is 9.78 Å². The molecule has 0 bridgehead atoms. The van der Waals surface area contributed by atoms with Gasteiger partial charge >= 0.3 is 0 Å². The molecule has 0 amide bonds. The zero-order valence-corrected chi connectivity index (χ0v) is 43.3. The maximum absolute atomic E-state index is 8.48. The summed E-state index contributed by atoms with van der Waals surface area (Å²) < 4.78 is 0. The van der Waals surface area contributed by atoms with Crippen molar-refractivity contribution in [1.82, 2.24) is 0 Å². The Balaban J connectivity index is 1.72. The van der Waals surface area contributed by atoms with E-state index in [1.54, 1.807) is 0 Å². The second-order valence-corrected chi connectivity index (χ2v) is 25.0. The molecule has 4 aliphatic rings. The molecule has 4 fully saturated rings. The second kappa shape index (κ2) is 20.9. The third-order valence-corrected chi connectivity index (χ3v) is 18.7. The van der Waals surface area contributed by atoms with Gasteiger partial charge in [-0.25, -0.2) is 9.78 Å². The fourth-order valence-electron chi connectivity index (χ4n) is 14.9. The molecule has 12 unspecified atom stereocenters. The molecule has 2 nitrogen and oxygen atoms in total. The van der Waals surface area contributed by atoms with Gasteiger partial charge in [-0.3, -0.25) is 0 Å². The minimum absolute atomic E-state index is 0.367. The van der Waals surface area contributed by atoms with Crippen molar-refractivity contribution in [2.24, 2.45) is 94.7 Å². The summed E-state index contributed by atoms with van der Waals surface area (Å²) in [5.74, 6) is 9.66. The topological polar surface area (TPSA) is 18.5 Å². The fraction of sp³-hybridized carbons (Fsp3) is 0.800. The molecule has 0 N–H and O–H groups in total. The summed E-state index contributed by atoms with van der Waals surface area (Å²) in [6, 6.07) is 20.1. The van der Waals surface area contributed by atoms with Crippen LogP contribution in [-0.4, -0.2) is 0 Å². The normalized spacial score (nSPS) is 34.6. The molecule has 2 heteroatoms. The van der Waals surface area contributed by atoms with Crippen LogP contribution in [0.3, 0.4) is 0 Å². The van der Waals surface area contributed by atoms with Crippen molar-refractivity contribution in [3.05, 3.63) is 70.8 Å². The van der Waals surface area contributed by atoms with E-state index in [0.29, 0.717) is 107 Å². The lowest BCUT2D eigenvalue weighted by Crippen LogP contribution is -2.59. The van der Waals surface area contributed by atoms with Crippen LogP contribution in [0.1, 0.15) is 222 Å². The van der Waals surface area contributed by atoms with Crippen LogP contribution in [0.2, 0.25) is 0 Å². The van der Waals surface area contributed by atoms with E-state index in [1.807, 2.05) is 0 Å². The maximum Gasteiger partial charge on any atom is 0.135 e. The smallest absolute Gasteiger partial charge is 0.135 e. The SMILES string of the molecule is CC1CCC(C(C)C)C(C(OOC(c2ccc(C(C)C)cc2)(C2CC(C)CCC2C(C)C)C2CC(C)CCC2C(C)C)(c2ccc(C(C)C)cc2)C2CC(C)CCC2C(C)C)C1. The van der Waals surface area contributed by atoms with E-state index < -0.39 is 11.2 Å². The first-order valence-electron chi connectivity index (χ1n) is 26.9. The van der Waals surface area contributed by atoms with E-state index in [1.165, 1.54) is 99.3 Å². The molecule has 0 aromatic heterocycles. The molecule has 0 spiro atoms. The Bertz CT molecular complexity index is 1460. The van der Waals surface area contributed by atoms with E-state index in [2.05, 4.69) is 159 Å². The van der Waals surface area contributed by atoms with Gasteiger partial charge in [0, 0.05) is 0 Å². The highest BCUT2D eigenvalue weighted by Crippen LogP contribution is 2.63. The first-order chi connectivity index (χ1) is 29.3. The zero-order chi connectivity index (χ0) is 45.3. The lowest BCUT2D eigenvalue weighted by atomic mass is 9.52. The van der Waals surface area contributed by atoms with Crippen molar-refractivity contribution in [3.8, 4) is 0 Å². The largest absolute Gasteiger partial charge is 0.224 e. The molecule has 0 aliphatic heterocycles. The number of hydrogen-bond donors (Lipinski definition) is 0. The van der Waals surface area contributed by atoms with Crippen molar-refractivity contribution in [1.29, 1.82) is 0 Å². The predicted octanol–water partition coefficient (Wildman–Crippen LogP) is 17.8. The average Bonchev–Trinajstić information content (AvgIpc) is 3.22. The standard InChI is InChI=1S/C60H98O2/c1-37(2)47-21-25-49(26-22-47)59(55-33-43(13)17-29-51(55)39(5)6,56-34-44(14)18-30-52(56)40(7)8)61-62-60(50-27-23-48(24-28-50)38(3)4,57-35-45(15)19-31-53(57)41(9)10)58-36-46(16)20-32-54(58)42(11)12/h21-28,37-46,51-58H,17-20,29-36H2,1-16H3. The van der Waals surface area contributed by atoms with Gasteiger partial charge < -0.3 is 0 Å². The van der Waals surface area contributed by atoms with Crippen LogP contribution >= 0.6 is 0 Å². The highest BCUT2D eigenvalue weighted by Gasteiger charge is 2.62. The molecular weight excluding hydrogens is 753 g/mol. The lowest BCUT2D eigenvalue weighted by molar-refractivity contribution is -0.475. The first-order valence-corrected chi connectivity index (χ1v) is 26.9. The van der Waals surface area contributed by atoms with Gasteiger partial charge in [-0.05, 0) is 180 Å². The maximum atomic E-state index is 8.48. The third-order valence-electron chi connectivity index (χ3n) is 18.7. The summed E-state index contributed by atoms with van der Waals surface area (Å²) in [6.45, 7) is 39.8. The van der Waals surface area contributed by atoms with Gasteiger partial charge in [0.25, 0.3) is 0 Å². The van der Waals surface area contributed by atoms with Gasteiger partial charge in [-0.1, -0.05) is 185 Å². The molecule has 350 valence electrons. The summed E-state index contributed by atoms with van der Waals surface area (Å²) in [7, 11) is 0. The minimum Gasteiger partial charge on any atom is -0.224 e. The Morgan fingerprint density at radius 2 is 0.581 bits per heavy atom. The molecule has 0 saturated heterocycles. The highest BCUT2D eigenvalue weighted by molar-refractivity contribution is 5.34. The molecule has 0 radical (unpaired) electrons. The molecule has 6 rings (SSSR count). The highest BCUT2D eigenvalue weighted by atomic mass is 17.2. The molecule has 62 heavy (non-hydrogen) atoms. The summed E-state index contributed by atoms with van der Waals surface area (Å²) in [4.78, 5) is 17.0. The molecule has 0 heterocycles. The van der Waals surface area contributed by atoms with Gasteiger partial charge in [0.2, 0.25) is 0 Å². The van der Waals surface area contributed by atoms with E-state index in [4.69, 9.17) is 9.78 Å². The van der Waals surface area contributed by atoms with Crippen LogP contribution < -0.4 is 0 Å². The predicted molar refractivity (Wildman–Crippen MR) is 266 cm³/mol. The van der Waals surface area contributed by atoms with Crippen LogP contribution in [0, 0.1) is 94.7 Å². The van der Waals surface area contributed by atoms with Crippen LogP contribution in [-0.2, 0) is 21.0 Å². The zero-order valence-electron chi connectivity index (χ0n) is 43.3. The van der Waals surface area contributed by atoms with Gasteiger partial charge in [0.15, 0.2) is 0 Å². The van der Waals surface area contributed by atoms with Crippen molar-refractivity contribution in [3.63, 3.8) is 0 Å². The lowest BCUT2D eigenvalue weighted by Gasteiger charge is -2.59. The minimum atomic E-state index is -0.576. The van der Waals surface area contributed by atoms with Crippen LogP contribution in [0.5, 0.6) is 0 Å². The Kier molecular flexibility index (Phi) is 16.8. The fourth-order valence-corrected chi connectivity index (χ4v) is 14.9. The molecular formula is C60H98O2. The van der Waals surface area contributed by atoms with Crippen molar-refractivity contribution in [2.45, 2.75) is 211 Å². The second-order valence-electron chi connectivity index (χ2n) is 25.0. The first kappa shape index (κ1) is 49.8. The van der Waals surface area contributed by atoms with Gasteiger partial charge in [-0.2, -0.15) is 0 Å². The van der Waals surface area contributed by atoms with Gasteiger partial charge in [0.1, 0.15) is 11.2 Å². The average molecular weight is 851 g/mol. The Morgan fingerprint density at radius 1 is 0.355 bits per heavy atom. The molecule has 2 aromatic carbocycles. The Hall–Kier alpha value is -1.64. The van der Waals surface area contributed by atoms with Crippen LogP contribution in [0.15, 0.2) is 48.5 Å². The molecule has 2 aromatic rings. The Labute approximate surface area is 384 Å². The quantitative estimate of drug-likeness (QED) is 0.131. The summed E-state index contributed by atoms with van der Waals surface area (Å²) in [5, 5.41) is 0. The number of benzene rings is 2. The Morgan fingerprint density at radius 3 is 0.774 bits per heavy atom. The van der Waals surface area contributed by atoms with E-state index in [9.17, 15) is 0 Å². The summed E-state index contributed by atoms with van der Waals surface area (Å²) in [5.41, 5.74) is 4.49. The molecule has 12 atom stereocenters. The van der Waals surface area contributed by atoms with E-state index >= 15 is 0 Å². The number of hydrogen-bond acceptors (Lipinski definition) is 2. The van der Waals surface area contributed by atoms with E-state index in [0.717, 1.165) is 0 Å². The number of rotatable bonds is 15. The van der Waals surface area contributed by atoms with Crippen molar-refractivity contribution in [2.75, 3.05) is 0 Å².